The van der Waals surface area contributed by atoms with Crippen LogP contribution in [0.4, 0.5) is 4.79 Å². The van der Waals surface area contributed by atoms with Gasteiger partial charge in [0.25, 0.3) is 0 Å². The number of alkyl carbamates (subject to hydrolysis) is 1. The lowest BCUT2D eigenvalue weighted by Gasteiger charge is -2.25. The minimum Gasteiger partial charge on any atom is -0.480 e. The van der Waals surface area contributed by atoms with E-state index < -0.39 is 30.1 Å². The third-order valence-electron chi connectivity index (χ3n) is 5.50. The first kappa shape index (κ1) is 23.3. The Morgan fingerprint density at radius 2 is 1.50 bits per heavy atom. The van der Waals surface area contributed by atoms with Gasteiger partial charge in [-0.25, -0.2) is 9.59 Å². The number of benzene rings is 2. The molecule has 1 unspecified atom stereocenters. The third kappa shape index (κ3) is 5.46. The Balaban J connectivity index is 1.58. The molecule has 0 aromatic heterocycles. The lowest BCUT2D eigenvalue weighted by molar-refractivity contribution is -0.142. The van der Waals surface area contributed by atoms with E-state index in [1.54, 1.807) is 0 Å². The molecule has 2 aromatic rings. The van der Waals surface area contributed by atoms with Gasteiger partial charge in [0.2, 0.25) is 5.91 Å². The fourth-order valence-electron chi connectivity index (χ4n) is 3.99. The molecule has 0 heterocycles. The molecule has 32 heavy (non-hydrogen) atoms. The summed E-state index contributed by atoms with van der Waals surface area (Å²) in [7, 11) is 0. The van der Waals surface area contributed by atoms with Gasteiger partial charge < -0.3 is 20.5 Å². The van der Waals surface area contributed by atoms with Crippen molar-refractivity contribution in [1.29, 1.82) is 0 Å². The predicted octanol–water partition coefficient (Wildman–Crippen LogP) is 3.92. The molecule has 1 aliphatic rings. The van der Waals surface area contributed by atoms with Crippen LogP contribution in [0.25, 0.3) is 11.1 Å². The molecule has 1 aliphatic carbocycles. The van der Waals surface area contributed by atoms with Crippen molar-refractivity contribution in [3.8, 4) is 11.1 Å². The van der Waals surface area contributed by atoms with E-state index in [9.17, 15) is 19.5 Å². The molecule has 0 spiro atoms. The van der Waals surface area contributed by atoms with Gasteiger partial charge >= 0.3 is 12.1 Å². The van der Waals surface area contributed by atoms with Crippen LogP contribution in [0, 0.1) is 5.41 Å². The Morgan fingerprint density at radius 3 is 2.00 bits per heavy atom. The van der Waals surface area contributed by atoms with Crippen LogP contribution in [0.2, 0.25) is 0 Å². The number of carbonyl (C=O) groups excluding carboxylic acids is 2. The highest BCUT2D eigenvalue weighted by atomic mass is 16.5. The van der Waals surface area contributed by atoms with Crippen molar-refractivity contribution in [2.45, 2.75) is 52.1 Å². The minimum atomic E-state index is -1.11. The molecule has 0 saturated carbocycles. The van der Waals surface area contributed by atoms with Crippen LogP contribution in [0.3, 0.4) is 0 Å². The minimum absolute atomic E-state index is 0.0829. The van der Waals surface area contributed by atoms with Crippen molar-refractivity contribution in [2.24, 2.45) is 5.41 Å². The molecule has 0 aliphatic heterocycles. The molecule has 3 N–H and O–H groups in total. The van der Waals surface area contributed by atoms with Crippen molar-refractivity contribution in [3.05, 3.63) is 59.7 Å². The molecule has 7 nitrogen and oxygen atoms in total. The number of nitrogens with one attached hydrogen (secondary N) is 2. The zero-order chi connectivity index (χ0) is 23.5. The van der Waals surface area contributed by atoms with Gasteiger partial charge in [-0.2, -0.15) is 0 Å². The van der Waals surface area contributed by atoms with E-state index in [0.717, 1.165) is 22.3 Å². The molecular weight excluding hydrogens is 408 g/mol. The predicted molar refractivity (Wildman–Crippen MR) is 121 cm³/mol. The molecule has 0 bridgehead atoms. The maximum Gasteiger partial charge on any atom is 0.407 e. The van der Waals surface area contributed by atoms with E-state index in [1.807, 2.05) is 57.2 Å². The standard InChI is InChI=1S/C25H30N2O5/c1-15(22(28)27-21(23(29)30)13-25(2,3)4)26-24(31)32-14-20-18-11-7-5-9-16(18)17-10-6-8-12-19(17)20/h5-12,15,20-21H,13-14H2,1-4H3,(H,26,31)(H,27,28)(H,29,30)/t15-,21?/m0/s1. The summed E-state index contributed by atoms with van der Waals surface area (Å²) >= 11 is 0. The van der Waals surface area contributed by atoms with Gasteiger partial charge in [-0.05, 0) is 41.0 Å². The number of hydrogen-bond donors (Lipinski definition) is 3. The van der Waals surface area contributed by atoms with E-state index in [4.69, 9.17) is 4.74 Å². The second-order valence-electron chi connectivity index (χ2n) is 9.36. The molecule has 2 amide bonds. The third-order valence-corrected chi connectivity index (χ3v) is 5.50. The van der Waals surface area contributed by atoms with Gasteiger partial charge in [-0.15, -0.1) is 0 Å². The van der Waals surface area contributed by atoms with Crippen LogP contribution in [0.15, 0.2) is 48.5 Å². The fourth-order valence-corrected chi connectivity index (χ4v) is 3.99. The van der Waals surface area contributed by atoms with Crippen molar-refractivity contribution in [2.75, 3.05) is 6.61 Å². The summed E-state index contributed by atoms with van der Waals surface area (Å²) in [5, 5.41) is 14.4. The molecule has 3 rings (SSSR count). The molecule has 170 valence electrons. The van der Waals surface area contributed by atoms with Gasteiger partial charge in [-0.3, -0.25) is 4.79 Å². The van der Waals surface area contributed by atoms with Crippen LogP contribution in [0.1, 0.15) is 51.2 Å². The first-order chi connectivity index (χ1) is 15.1. The molecule has 0 fully saturated rings. The lowest BCUT2D eigenvalue weighted by Crippen LogP contribution is -2.51. The van der Waals surface area contributed by atoms with E-state index in [0.29, 0.717) is 0 Å². The second kappa shape index (κ2) is 9.42. The maximum atomic E-state index is 12.4. The van der Waals surface area contributed by atoms with E-state index >= 15 is 0 Å². The number of amides is 2. The zero-order valence-corrected chi connectivity index (χ0v) is 18.8. The number of fused-ring (bicyclic) bond motifs is 3. The van der Waals surface area contributed by atoms with Crippen LogP contribution in [0.5, 0.6) is 0 Å². The van der Waals surface area contributed by atoms with Crippen molar-refractivity contribution in [1.82, 2.24) is 10.6 Å². The number of rotatable bonds is 7. The highest BCUT2D eigenvalue weighted by molar-refractivity contribution is 5.89. The lowest BCUT2D eigenvalue weighted by atomic mass is 9.88. The number of carboxylic acids is 1. The summed E-state index contributed by atoms with van der Waals surface area (Å²) in [4.78, 5) is 36.3. The zero-order valence-electron chi connectivity index (χ0n) is 18.8. The highest BCUT2D eigenvalue weighted by Crippen LogP contribution is 2.44. The Morgan fingerprint density at radius 1 is 0.969 bits per heavy atom. The largest absolute Gasteiger partial charge is 0.480 e. The Hall–Kier alpha value is -3.35. The summed E-state index contributed by atoms with van der Waals surface area (Å²) < 4.78 is 5.45. The molecule has 0 radical (unpaired) electrons. The monoisotopic (exact) mass is 438 g/mol. The van der Waals surface area contributed by atoms with E-state index in [-0.39, 0.29) is 24.4 Å². The number of ether oxygens (including phenoxy) is 1. The Labute approximate surface area is 188 Å². The molecule has 2 aromatic carbocycles. The molecule has 0 saturated heterocycles. The summed E-state index contributed by atoms with van der Waals surface area (Å²) in [6.45, 7) is 7.32. The van der Waals surface area contributed by atoms with Gasteiger partial charge in [0.05, 0.1) is 0 Å². The fraction of sp³-hybridized carbons (Fsp3) is 0.400. The Bertz CT molecular complexity index is 966. The van der Waals surface area contributed by atoms with Gasteiger partial charge in [0.15, 0.2) is 0 Å². The first-order valence-corrected chi connectivity index (χ1v) is 10.7. The number of aliphatic carboxylic acids is 1. The highest BCUT2D eigenvalue weighted by Gasteiger charge is 2.30. The summed E-state index contributed by atoms with van der Waals surface area (Å²) in [5.41, 5.74) is 4.17. The van der Waals surface area contributed by atoms with Gasteiger partial charge in [0.1, 0.15) is 18.7 Å². The average molecular weight is 439 g/mol. The summed E-state index contributed by atoms with van der Waals surface area (Å²) in [6, 6.07) is 14.1. The summed E-state index contributed by atoms with van der Waals surface area (Å²) in [5.74, 6) is -1.77. The van der Waals surface area contributed by atoms with Crippen LogP contribution >= 0.6 is 0 Å². The van der Waals surface area contributed by atoms with Crippen LogP contribution < -0.4 is 10.6 Å². The average Bonchev–Trinajstić information content (AvgIpc) is 3.04. The molecular formula is C25H30N2O5. The Kier molecular flexibility index (Phi) is 6.87. The van der Waals surface area contributed by atoms with Crippen molar-refractivity contribution < 1.29 is 24.2 Å². The van der Waals surface area contributed by atoms with E-state index in [1.165, 1.54) is 6.92 Å². The normalized spacial score (nSPS) is 14.6. The SMILES string of the molecule is C[C@H](NC(=O)OCC1c2ccccc2-c2ccccc21)C(=O)NC(CC(C)(C)C)C(=O)O. The van der Waals surface area contributed by atoms with Gasteiger partial charge in [0, 0.05) is 5.92 Å². The smallest absolute Gasteiger partial charge is 0.407 e. The van der Waals surface area contributed by atoms with Crippen molar-refractivity contribution in [3.63, 3.8) is 0 Å². The number of hydrogen-bond acceptors (Lipinski definition) is 4. The van der Waals surface area contributed by atoms with Gasteiger partial charge in [-0.1, -0.05) is 69.3 Å². The van der Waals surface area contributed by atoms with E-state index in [2.05, 4.69) is 22.8 Å². The van der Waals surface area contributed by atoms with Crippen LogP contribution in [-0.4, -0.2) is 41.8 Å². The number of carbonyl (C=O) groups is 3. The molecule has 7 heteroatoms. The number of carboxylic acid groups (broad SMARTS) is 1. The summed E-state index contributed by atoms with van der Waals surface area (Å²) in [6.07, 6.45) is -0.455. The maximum absolute atomic E-state index is 12.4. The van der Waals surface area contributed by atoms with Crippen molar-refractivity contribution >= 4 is 18.0 Å². The molecule has 2 atom stereocenters. The quantitative estimate of drug-likeness (QED) is 0.608. The second-order valence-corrected chi connectivity index (χ2v) is 9.36. The topological polar surface area (TPSA) is 105 Å². The van der Waals surface area contributed by atoms with Crippen LogP contribution in [-0.2, 0) is 14.3 Å². The first-order valence-electron chi connectivity index (χ1n) is 10.7.